The molecule has 0 spiro atoms. The van der Waals surface area contributed by atoms with Crippen LogP contribution in [0.4, 0.5) is 4.39 Å². The summed E-state index contributed by atoms with van der Waals surface area (Å²) in [5.41, 5.74) is 2.70. The molecule has 0 saturated carbocycles. The maximum Gasteiger partial charge on any atom is 0.325 e. The summed E-state index contributed by atoms with van der Waals surface area (Å²) >= 11 is 7.53. The minimum absolute atomic E-state index is 0.000179. The van der Waals surface area contributed by atoms with Crippen molar-refractivity contribution in [3.05, 3.63) is 50.7 Å². The first-order valence-corrected chi connectivity index (χ1v) is 7.93. The predicted molar refractivity (Wildman–Crippen MR) is 85.0 cm³/mol. The van der Waals surface area contributed by atoms with E-state index in [9.17, 15) is 14.3 Å². The molecule has 118 valence electrons. The van der Waals surface area contributed by atoms with Gasteiger partial charge in [-0.15, -0.1) is 11.3 Å². The number of hydrogen-bond donors (Lipinski definition) is 1. The van der Waals surface area contributed by atoms with Crippen LogP contribution in [0.3, 0.4) is 0 Å². The van der Waals surface area contributed by atoms with Crippen LogP contribution in [0.1, 0.15) is 22.2 Å². The van der Waals surface area contributed by atoms with E-state index in [0.717, 1.165) is 10.6 Å². The Morgan fingerprint density at radius 2 is 2.27 bits per heavy atom. The van der Waals surface area contributed by atoms with Gasteiger partial charge in [0.2, 0.25) is 0 Å². The molecule has 2 rings (SSSR count). The molecule has 0 unspecified atom stereocenters. The summed E-state index contributed by atoms with van der Waals surface area (Å²) in [5.74, 6) is -1.74. The number of carboxylic acids is 1. The van der Waals surface area contributed by atoms with E-state index in [0.29, 0.717) is 13.0 Å². The molecule has 1 aromatic heterocycles. The molecule has 1 aromatic carbocycles. The lowest BCUT2D eigenvalue weighted by atomic mass is 10.0. The average molecular weight is 343 g/mol. The largest absolute Gasteiger partial charge is 0.480 e. The number of aryl methyl sites for hydroxylation is 1. The Balaban J connectivity index is 2.21. The number of likely N-dealkylation sites (N-methyl/N-ethyl adjacent to an activating group) is 1. The van der Waals surface area contributed by atoms with Crippen molar-refractivity contribution in [3.8, 4) is 0 Å². The Bertz CT molecular complexity index is 657. The molecule has 0 amide bonds. The van der Waals surface area contributed by atoms with Crippen molar-refractivity contribution in [2.24, 2.45) is 0 Å². The van der Waals surface area contributed by atoms with Crippen LogP contribution >= 0.6 is 22.9 Å². The standard InChI is InChI=1S/C15H16ClFN2O2S/c1-9-12(22-8-18-9)6-7-19(2)14(15(20)21)13-10(16)4-3-5-11(13)17/h3-5,8,14H,6-7H2,1-2H3,(H,20,21)/t14-/m0/s1. The van der Waals surface area contributed by atoms with Crippen LogP contribution in [0.15, 0.2) is 23.7 Å². The van der Waals surface area contributed by atoms with Crippen molar-refractivity contribution in [2.45, 2.75) is 19.4 Å². The Labute approximate surface area is 137 Å². The number of halogens is 2. The van der Waals surface area contributed by atoms with E-state index in [-0.39, 0.29) is 10.6 Å². The molecule has 1 N–H and O–H groups in total. The highest BCUT2D eigenvalue weighted by molar-refractivity contribution is 7.09. The monoisotopic (exact) mass is 342 g/mol. The Morgan fingerprint density at radius 3 is 2.82 bits per heavy atom. The molecule has 0 aliphatic rings. The number of aromatic nitrogens is 1. The number of carbonyl (C=O) groups is 1. The summed E-state index contributed by atoms with van der Waals surface area (Å²) in [6.07, 6.45) is 0.656. The molecule has 0 saturated heterocycles. The van der Waals surface area contributed by atoms with Crippen LogP contribution in [-0.2, 0) is 11.2 Å². The first kappa shape index (κ1) is 16.9. The highest BCUT2D eigenvalue weighted by Gasteiger charge is 2.29. The topological polar surface area (TPSA) is 53.4 Å². The number of benzene rings is 1. The van der Waals surface area contributed by atoms with Crippen molar-refractivity contribution < 1.29 is 14.3 Å². The highest BCUT2D eigenvalue weighted by atomic mass is 35.5. The molecule has 0 radical (unpaired) electrons. The van der Waals surface area contributed by atoms with E-state index in [1.165, 1.54) is 29.5 Å². The zero-order chi connectivity index (χ0) is 16.3. The Kier molecular flexibility index (Phi) is 5.50. The fourth-order valence-corrected chi connectivity index (χ4v) is 3.31. The number of hydrogen-bond acceptors (Lipinski definition) is 4. The summed E-state index contributed by atoms with van der Waals surface area (Å²) in [4.78, 5) is 18.4. The van der Waals surface area contributed by atoms with Crippen LogP contribution < -0.4 is 0 Å². The summed E-state index contributed by atoms with van der Waals surface area (Å²) in [7, 11) is 1.65. The molecule has 1 atom stereocenters. The van der Waals surface area contributed by atoms with Gasteiger partial charge in [0.25, 0.3) is 0 Å². The smallest absolute Gasteiger partial charge is 0.325 e. The van der Waals surface area contributed by atoms with Gasteiger partial charge in [-0.05, 0) is 32.5 Å². The number of nitrogens with zero attached hydrogens (tertiary/aromatic N) is 2. The molecule has 0 bridgehead atoms. The van der Waals surface area contributed by atoms with Crippen molar-refractivity contribution in [1.29, 1.82) is 0 Å². The normalized spacial score (nSPS) is 12.6. The number of thiazole rings is 1. The lowest BCUT2D eigenvalue weighted by Gasteiger charge is -2.25. The third-order valence-corrected chi connectivity index (χ3v) is 4.81. The molecule has 7 heteroatoms. The van der Waals surface area contributed by atoms with Gasteiger partial charge in [-0.25, -0.2) is 9.37 Å². The second kappa shape index (κ2) is 7.17. The summed E-state index contributed by atoms with van der Waals surface area (Å²) in [6, 6.07) is 3.05. The van der Waals surface area contributed by atoms with Crippen LogP contribution in [0.25, 0.3) is 0 Å². The molecule has 0 fully saturated rings. The molecular weight excluding hydrogens is 327 g/mol. The fourth-order valence-electron chi connectivity index (χ4n) is 2.28. The van der Waals surface area contributed by atoms with Gasteiger partial charge in [0.05, 0.1) is 11.2 Å². The first-order chi connectivity index (χ1) is 10.4. The van der Waals surface area contributed by atoms with Gasteiger partial charge in [-0.3, -0.25) is 9.69 Å². The van der Waals surface area contributed by atoms with Gasteiger partial charge in [0, 0.05) is 22.0 Å². The van der Waals surface area contributed by atoms with E-state index >= 15 is 0 Å². The van der Waals surface area contributed by atoms with Crippen LogP contribution in [-0.4, -0.2) is 34.6 Å². The second-order valence-corrected chi connectivity index (χ2v) is 6.31. The van der Waals surface area contributed by atoms with E-state index in [4.69, 9.17) is 11.6 Å². The Morgan fingerprint density at radius 1 is 1.55 bits per heavy atom. The van der Waals surface area contributed by atoms with E-state index in [1.54, 1.807) is 17.5 Å². The van der Waals surface area contributed by atoms with E-state index in [1.807, 2.05) is 6.92 Å². The van der Waals surface area contributed by atoms with Crippen LogP contribution in [0.2, 0.25) is 5.02 Å². The first-order valence-electron chi connectivity index (χ1n) is 6.67. The number of aliphatic carboxylic acids is 1. The van der Waals surface area contributed by atoms with E-state index in [2.05, 4.69) is 4.98 Å². The maximum atomic E-state index is 14.0. The fraction of sp³-hybridized carbons (Fsp3) is 0.333. The van der Waals surface area contributed by atoms with Gasteiger partial charge < -0.3 is 5.11 Å². The minimum atomic E-state index is -1.13. The number of carboxylic acid groups (broad SMARTS) is 1. The molecule has 0 aliphatic heterocycles. The SMILES string of the molecule is Cc1ncsc1CCN(C)[C@H](C(=O)O)c1c(F)cccc1Cl. The van der Waals surface area contributed by atoms with Gasteiger partial charge in [0.1, 0.15) is 11.9 Å². The van der Waals surface area contributed by atoms with Crippen LogP contribution in [0, 0.1) is 12.7 Å². The van der Waals surface area contributed by atoms with E-state index < -0.39 is 17.8 Å². The molecule has 22 heavy (non-hydrogen) atoms. The van der Waals surface area contributed by atoms with Gasteiger partial charge in [0.15, 0.2) is 0 Å². The van der Waals surface area contributed by atoms with Crippen molar-refractivity contribution >= 4 is 28.9 Å². The molecule has 4 nitrogen and oxygen atoms in total. The summed E-state index contributed by atoms with van der Waals surface area (Å²) in [5, 5.41) is 9.60. The van der Waals surface area contributed by atoms with Gasteiger partial charge in [-0.1, -0.05) is 17.7 Å². The molecule has 1 heterocycles. The van der Waals surface area contributed by atoms with Crippen molar-refractivity contribution in [1.82, 2.24) is 9.88 Å². The quantitative estimate of drug-likeness (QED) is 0.872. The predicted octanol–water partition coefficient (Wildman–Crippen LogP) is 3.54. The third-order valence-electron chi connectivity index (χ3n) is 3.48. The maximum absolute atomic E-state index is 14.0. The van der Waals surface area contributed by atoms with Gasteiger partial charge >= 0.3 is 5.97 Å². The zero-order valence-corrected chi connectivity index (χ0v) is 13.8. The zero-order valence-electron chi connectivity index (χ0n) is 12.2. The van der Waals surface area contributed by atoms with Crippen LogP contribution in [0.5, 0.6) is 0 Å². The lowest BCUT2D eigenvalue weighted by molar-refractivity contribution is -0.143. The van der Waals surface area contributed by atoms with Gasteiger partial charge in [-0.2, -0.15) is 0 Å². The average Bonchev–Trinajstić information content (AvgIpc) is 2.85. The highest BCUT2D eigenvalue weighted by Crippen LogP contribution is 2.30. The minimum Gasteiger partial charge on any atom is -0.480 e. The molecule has 2 aromatic rings. The second-order valence-electron chi connectivity index (χ2n) is 4.97. The third kappa shape index (κ3) is 3.63. The van der Waals surface area contributed by atoms with Crippen molar-refractivity contribution in [3.63, 3.8) is 0 Å². The molecule has 0 aliphatic carbocycles. The molecular formula is C15H16ClFN2O2S. The number of rotatable bonds is 6. The Hall–Kier alpha value is -1.50. The lowest BCUT2D eigenvalue weighted by Crippen LogP contribution is -2.33. The van der Waals surface area contributed by atoms with Crippen molar-refractivity contribution in [2.75, 3.05) is 13.6 Å². The summed E-state index contributed by atoms with van der Waals surface area (Å²) in [6.45, 7) is 2.37. The summed E-state index contributed by atoms with van der Waals surface area (Å²) < 4.78 is 14.0.